The van der Waals surface area contributed by atoms with Crippen LogP contribution in [-0.2, 0) is 11.3 Å². The van der Waals surface area contributed by atoms with Crippen LogP contribution in [0.4, 0.5) is 0 Å². The van der Waals surface area contributed by atoms with Crippen molar-refractivity contribution in [1.29, 1.82) is 0 Å². The standard InChI is InChI=1S/C31H28N2O3/c1-35-31(34)28-13-11-26(19-29(28)24-15-17-32-18-16-24)23-7-9-25(10-8-23)30-14-12-27(20-33-30)36-21-22-5-3-2-4-6-22/h2-15,19-20,32H,16-18,21H2,1H3/p+1. The van der Waals surface area contributed by atoms with Gasteiger partial charge < -0.3 is 14.8 Å². The van der Waals surface area contributed by atoms with E-state index in [0.29, 0.717) is 12.2 Å². The molecule has 5 rings (SSSR count). The summed E-state index contributed by atoms with van der Waals surface area (Å²) in [5, 5.41) is 2.26. The van der Waals surface area contributed by atoms with Crippen LogP contribution in [0.25, 0.3) is 28.0 Å². The minimum Gasteiger partial charge on any atom is -0.487 e. The van der Waals surface area contributed by atoms with E-state index in [1.54, 1.807) is 6.20 Å². The second kappa shape index (κ2) is 11.0. The van der Waals surface area contributed by atoms with E-state index in [2.05, 4.69) is 46.7 Å². The molecule has 36 heavy (non-hydrogen) atoms. The topological polar surface area (TPSA) is 65.0 Å². The number of rotatable bonds is 7. The van der Waals surface area contributed by atoms with Gasteiger partial charge in [-0.05, 0) is 58.2 Å². The van der Waals surface area contributed by atoms with Crippen molar-refractivity contribution in [3.63, 3.8) is 0 Å². The molecule has 0 spiro atoms. The van der Waals surface area contributed by atoms with Gasteiger partial charge in [0.1, 0.15) is 12.4 Å². The molecule has 1 aromatic heterocycles. The van der Waals surface area contributed by atoms with E-state index in [-0.39, 0.29) is 5.97 Å². The van der Waals surface area contributed by atoms with Crippen LogP contribution in [0.15, 0.2) is 97.2 Å². The second-order valence-corrected chi connectivity index (χ2v) is 8.78. The maximum absolute atomic E-state index is 12.4. The van der Waals surface area contributed by atoms with E-state index in [4.69, 9.17) is 9.47 Å². The molecule has 0 atom stereocenters. The molecule has 5 nitrogen and oxygen atoms in total. The number of esters is 1. The number of ether oxygens (including phenoxy) is 2. The summed E-state index contributed by atoms with van der Waals surface area (Å²) >= 11 is 0. The number of carbonyl (C=O) groups excluding carboxylic acids is 1. The SMILES string of the molecule is COC(=O)c1ccc(-c2ccc(-c3ccc(OCc4ccccc4)cn3)cc2)cc1C1=CC[NH2+]CC1. The van der Waals surface area contributed by atoms with Gasteiger partial charge in [-0.1, -0.05) is 60.7 Å². The Morgan fingerprint density at radius 3 is 2.39 bits per heavy atom. The molecule has 0 aliphatic carbocycles. The Kier molecular flexibility index (Phi) is 7.20. The molecule has 2 N–H and O–H groups in total. The van der Waals surface area contributed by atoms with E-state index >= 15 is 0 Å². The van der Waals surface area contributed by atoms with E-state index in [9.17, 15) is 4.79 Å². The van der Waals surface area contributed by atoms with Crippen LogP contribution >= 0.6 is 0 Å². The number of pyridine rings is 1. The monoisotopic (exact) mass is 477 g/mol. The summed E-state index contributed by atoms with van der Waals surface area (Å²) in [5.74, 6) is 0.441. The molecular formula is C31H29N2O3+. The number of nitrogens with zero attached hydrogens (tertiary/aromatic N) is 1. The smallest absolute Gasteiger partial charge is 0.338 e. The highest BCUT2D eigenvalue weighted by atomic mass is 16.5. The Labute approximate surface area is 211 Å². The molecule has 4 aromatic rings. The molecule has 5 heteroatoms. The fraction of sp³-hybridized carbons (Fsp3) is 0.161. The Morgan fingerprint density at radius 1 is 0.917 bits per heavy atom. The molecule has 3 aromatic carbocycles. The largest absolute Gasteiger partial charge is 0.487 e. The zero-order valence-electron chi connectivity index (χ0n) is 20.3. The van der Waals surface area contributed by atoms with Gasteiger partial charge in [-0.15, -0.1) is 0 Å². The molecule has 0 amide bonds. The summed E-state index contributed by atoms with van der Waals surface area (Å²) in [6.45, 7) is 2.47. The maximum Gasteiger partial charge on any atom is 0.338 e. The van der Waals surface area contributed by atoms with Crippen LogP contribution in [-0.4, -0.2) is 31.2 Å². The summed E-state index contributed by atoms with van der Waals surface area (Å²) in [6, 6.07) is 28.3. The number of quaternary nitrogens is 1. The minimum atomic E-state index is -0.301. The predicted octanol–water partition coefficient (Wildman–Crippen LogP) is 5.13. The first-order chi connectivity index (χ1) is 17.7. The molecule has 1 aliphatic rings. The first-order valence-electron chi connectivity index (χ1n) is 12.2. The molecule has 0 saturated heterocycles. The van der Waals surface area contributed by atoms with Gasteiger partial charge in [0.05, 0.1) is 37.7 Å². The third kappa shape index (κ3) is 5.37. The van der Waals surface area contributed by atoms with Crippen LogP contribution in [0.1, 0.15) is 27.9 Å². The number of methoxy groups -OCH3 is 1. The number of nitrogens with two attached hydrogens (primary N) is 1. The first-order valence-corrected chi connectivity index (χ1v) is 12.2. The predicted molar refractivity (Wildman–Crippen MR) is 141 cm³/mol. The van der Waals surface area contributed by atoms with Gasteiger partial charge in [0.25, 0.3) is 0 Å². The van der Waals surface area contributed by atoms with Crippen molar-refractivity contribution in [3.05, 3.63) is 114 Å². The first kappa shape index (κ1) is 23.5. The lowest BCUT2D eigenvalue weighted by molar-refractivity contribution is -0.646. The Morgan fingerprint density at radius 2 is 1.69 bits per heavy atom. The van der Waals surface area contributed by atoms with Crippen molar-refractivity contribution < 1.29 is 19.6 Å². The average molecular weight is 478 g/mol. The van der Waals surface area contributed by atoms with Crippen LogP contribution in [0.3, 0.4) is 0 Å². The van der Waals surface area contributed by atoms with Crippen molar-refractivity contribution in [3.8, 4) is 28.1 Å². The van der Waals surface area contributed by atoms with Gasteiger partial charge in [0.15, 0.2) is 0 Å². The fourth-order valence-corrected chi connectivity index (χ4v) is 4.44. The van der Waals surface area contributed by atoms with E-state index in [0.717, 1.165) is 58.8 Å². The van der Waals surface area contributed by atoms with Crippen molar-refractivity contribution in [2.75, 3.05) is 20.2 Å². The Hall–Kier alpha value is -4.22. The highest BCUT2D eigenvalue weighted by Crippen LogP contribution is 2.30. The summed E-state index contributed by atoms with van der Waals surface area (Å²) < 4.78 is 10.9. The van der Waals surface area contributed by atoms with Crippen LogP contribution < -0.4 is 10.1 Å². The van der Waals surface area contributed by atoms with Gasteiger partial charge in [-0.3, -0.25) is 4.98 Å². The quantitative estimate of drug-likeness (QED) is 0.375. The number of benzene rings is 3. The third-order valence-electron chi connectivity index (χ3n) is 6.42. The number of hydrogen-bond acceptors (Lipinski definition) is 4. The van der Waals surface area contributed by atoms with E-state index < -0.39 is 0 Å². The number of hydrogen-bond donors (Lipinski definition) is 1. The second-order valence-electron chi connectivity index (χ2n) is 8.78. The molecule has 0 saturated carbocycles. The van der Waals surface area contributed by atoms with Gasteiger partial charge in [-0.25, -0.2) is 4.79 Å². The van der Waals surface area contributed by atoms with E-state index in [1.165, 1.54) is 12.7 Å². The normalized spacial score (nSPS) is 13.1. The van der Waals surface area contributed by atoms with E-state index in [1.807, 2.05) is 54.6 Å². The lowest BCUT2D eigenvalue weighted by atomic mass is 9.91. The Bertz CT molecular complexity index is 1360. The molecular weight excluding hydrogens is 448 g/mol. The Balaban J connectivity index is 1.34. The zero-order valence-corrected chi connectivity index (χ0v) is 20.3. The summed E-state index contributed by atoms with van der Waals surface area (Å²) in [6.07, 6.45) is 4.90. The molecule has 0 radical (unpaired) electrons. The lowest BCUT2D eigenvalue weighted by Crippen LogP contribution is -2.84. The molecule has 1 aliphatic heterocycles. The summed E-state index contributed by atoms with van der Waals surface area (Å²) in [5.41, 5.74) is 7.98. The van der Waals surface area contributed by atoms with Gasteiger partial charge in [-0.2, -0.15) is 0 Å². The highest BCUT2D eigenvalue weighted by Gasteiger charge is 2.18. The summed E-state index contributed by atoms with van der Waals surface area (Å²) in [4.78, 5) is 17.0. The molecule has 0 bridgehead atoms. The van der Waals surface area contributed by atoms with Gasteiger partial charge in [0, 0.05) is 12.0 Å². The molecule has 0 unspecified atom stereocenters. The highest BCUT2D eigenvalue weighted by molar-refractivity contribution is 5.96. The maximum atomic E-state index is 12.4. The van der Waals surface area contributed by atoms with Gasteiger partial charge >= 0.3 is 5.97 Å². The van der Waals surface area contributed by atoms with Crippen molar-refractivity contribution in [2.45, 2.75) is 13.0 Å². The number of carbonyl (C=O) groups is 1. The van der Waals surface area contributed by atoms with Crippen LogP contribution in [0.2, 0.25) is 0 Å². The van der Waals surface area contributed by atoms with Crippen molar-refractivity contribution in [1.82, 2.24) is 4.98 Å². The zero-order chi connectivity index (χ0) is 24.7. The molecule has 180 valence electrons. The van der Waals surface area contributed by atoms with Crippen LogP contribution in [0.5, 0.6) is 5.75 Å². The molecule has 0 fully saturated rings. The van der Waals surface area contributed by atoms with Crippen LogP contribution in [0, 0.1) is 0 Å². The molecule has 2 heterocycles. The summed E-state index contributed by atoms with van der Waals surface area (Å²) in [7, 11) is 1.43. The van der Waals surface area contributed by atoms with Crippen molar-refractivity contribution >= 4 is 11.5 Å². The lowest BCUT2D eigenvalue weighted by Gasteiger charge is -2.16. The average Bonchev–Trinajstić information content (AvgIpc) is 2.97. The van der Waals surface area contributed by atoms with Gasteiger partial charge in [0.2, 0.25) is 0 Å². The minimum absolute atomic E-state index is 0.301. The van der Waals surface area contributed by atoms with Crippen molar-refractivity contribution in [2.24, 2.45) is 0 Å². The third-order valence-corrected chi connectivity index (χ3v) is 6.42. The number of aromatic nitrogens is 1. The fourth-order valence-electron chi connectivity index (χ4n) is 4.44.